The van der Waals surface area contributed by atoms with E-state index in [1.807, 2.05) is 0 Å². The van der Waals surface area contributed by atoms with Crippen molar-refractivity contribution in [3.8, 4) is 11.5 Å². The lowest BCUT2D eigenvalue weighted by Gasteiger charge is -2.34. The molecule has 1 fully saturated rings. The average Bonchev–Trinajstić information content (AvgIpc) is 2.77. The lowest BCUT2D eigenvalue weighted by Crippen LogP contribution is -2.44. The zero-order chi connectivity index (χ0) is 21.1. The molecule has 0 bridgehead atoms. The molecule has 0 amide bonds. The van der Waals surface area contributed by atoms with E-state index in [-0.39, 0.29) is 5.56 Å². The Balaban J connectivity index is 1.52. The fourth-order valence-electron chi connectivity index (χ4n) is 3.67. The van der Waals surface area contributed by atoms with Crippen molar-refractivity contribution in [3.05, 3.63) is 52.3 Å². The zero-order valence-electron chi connectivity index (χ0n) is 17.6. The van der Waals surface area contributed by atoms with E-state index in [9.17, 15) is 4.79 Å². The summed E-state index contributed by atoms with van der Waals surface area (Å²) in [5.74, 6) is 1.47. The van der Waals surface area contributed by atoms with Crippen molar-refractivity contribution in [2.75, 3.05) is 57.7 Å². The van der Waals surface area contributed by atoms with Crippen LogP contribution in [0.3, 0.4) is 0 Å². The first kappa shape index (κ1) is 20.0. The minimum Gasteiger partial charge on any atom is -0.493 e. The molecule has 0 unspecified atom stereocenters. The van der Waals surface area contributed by atoms with E-state index >= 15 is 0 Å². The van der Waals surface area contributed by atoms with Crippen molar-refractivity contribution in [2.24, 2.45) is 0 Å². The number of hydrogen-bond acceptors (Lipinski definition) is 7. The number of anilines is 2. The van der Waals surface area contributed by atoms with Crippen LogP contribution in [0.2, 0.25) is 0 Å². The average molecular weight is 409 g/mol. The maximum Gasteiger partial charge on any atom is 0.282 e. The molecule has 0 spiro atoms. The molecule has 0 atom stereocenters. The fraction of sp³-hybridized carbons (Fsp3) is 0.364. The van der Waals surface area contributed by atoms with E-state index in [2.05, 4.69) is 56.4 Å². The van der Waals surface area contributed by atoms with E-state index < -0.39 is 0 Å². The van der Waals surface area contributed by atoms with E-state index in [1.54, 1.807) is 19.2 Å². The molecule has 0 saturated carbocycles. The number of aromatic nitrogens is 2. The predicted octanol–water partition coefficient (Wildman–Crippen LogP) is 2.30. The Morgan fingerprint density at radius 3 is 2.53 bits per heavy atom. The number of fused-ring (bicyclic) bond motifs is 1. The first-order valence-corrected chi connectivity index (χ1v) is 9.99. The van der Waals surface area contributed by atoms with Gasteiger partial charge in [0.2, 0.25) is 5.95 Å². The van der Waals surface area contributed by atoms with Crippen molar-refractivity contribution >= 4 is 22.5 Å². The Morgan fingerprint density at radius 2 is 1.80 bits per heavy atom. The second-order valence-corrected chi connectivity index (χ2v) is 7.46. The minimum atomic E-state index is -0.321. The van der Waals surface area contributed by atoms with E-state index in [0.717, 1.165) is 31.7 Å². The van der Waals surface area contributed by atoms with Crippen LogP contribution >= 0.6 is 0 Å². The van der Waals surface area contributed by atoms with Gasteiger partial charge in [0.15, 0.2) is 11.5 Å². The number of ether oxygens (including phenoxy) is 2. The molecule has 8 nitrogen and oxygen atoms in total. The third-order valence-corrected chi connectivity index (χ3v) is 5.46. The van der Waals surface area contributed by atoms with Gasteiger partial charge in [-0.25, -0.2) is 0 Å². The summed E-state index contributed by atoms with van der Waals surface area (Å²) in [6.07, 6.45) is 0. The number of likely N-dealkylation sites (N-methyl/N-ethyl adjacent to an activating group) is 1. The van der Waals surface area contributed by atoms with Crippen LogP contribution in [-0.2, 0) is 6.54 Å². The minimum absolute atomic E-state index is 0.321. The van der Waals surface area contributed by atoms with Crippen LogP contribution in [0.25, 0.3) is 10.9 Å². The number of rotatable bonds is 6. The van der Waals surface area contributed by atoms with Gasteiger partial charge < -0.3 is 29.6 Å². The van der Waals surface area contributed by atoms with Gasteiger partial charge in [0.05, 0.1) is 25.1 Å². The molecule has 3 aromatic rings. The lowest BCUT2D eigenvalue weighted by atomic mass is 10.1. The van der Waals surface area contributed by atoms with Crippen molar-refractivity contribution < 1.29 is 9.47 Å². The Morgan fingerprint density at radius 1 is 1.07 bits per heavy atom. The highest BCUT2D eigenvalue weighted by Crippen LogP contribution is 2.30. The Bertz CT molecular complexity index is 1090. The highest BCUT2D eigenvalue weighted by atomic mass is 16.5. The lowest BCUT2D eigenvalue weighted by molar-refractivity contribution is 0.313. The summed E-state index contributed by atoms with van der Waals surface area (Å²) in [6, 6.07) is 11.9. The predicted molar refractivity (Wildman–Crippen MR) is 119 cm³/mol. The summed E-state index contributed by atoms with van der Waals surface area (Å²) in [6.45, 7) is 4.75. The smallest absolute Gasteiger partial charge is 0.282 e. The monoisotopic (exact) mass is 409 g/mol. The van der Waals surface area contributed by atoms with Gasteiger partial charge in [-0.05, 0) is 30.8 Å². The first-order valence-electron chi connectivity index (χ1n) is 9.99. The Labute approximate surface area is 175 Å². The third-order valence-electron chi connectivity index (χ3n) is 5.46. The number of benzene rings is 2. The molecule has 1 saturated heterocycles. The largest absolute Gasteiger partial charge is 0.493 e. The number of piperazine rings is 1. The third kappa shape index (κ3) is 4.18. The van der Waals surface area contributed by atoms with E-state index in [4.69, 9.17) is 9.47 Å². The summed E-state index contributed by atoms with van der Waals surface area (Å²) in [4.78, 5) is 24.5. The van der Waals surface area contributed by atoms with Crippen molar-refractivity contribution in [1.29, 1.82) is 0 Å². The number of aromatic amines is 1. The van der Waals surface area contributed by atoms with Crippen molar-refractivity contribution in [3.63, 3.8) is 0 Å². The van der Waals surface area contributed by atoms with Gasteiger partial charge in [-0.2, -0.15) is 4.98 Å². The van der Waals surface area contributed by atoms with Crippen LogP contribution < -0.4 is 25.2 Å². The Kier molecular flexibility index (Phi) is 5.76. The molecule has 2 heterocycles. The number of nitrogens with one attached hydrogen (secondary N) is 2. The first-order chi connectivity index (χ1) is 14.6. The molecule has 0 radical (unpaired) electrons. The van der Waals surface area contributed by atoms with Crippen LogP contribution in [0.15, 0.2) is 41.2 Å². The standard InChI is InChI=1S/C22H27N5O3/c1-26-7-9-27(10-8-26)16-6-4-5-15(11-16)14-23-22-24-18-13-20(30-3)19(29-2)12-17(18)21(28)25-22/h4-6,11-13H,7-10,14H2,1-3H3,(H2,23,24,25,28). The summed E-state index contributed by atoms with van der Waals surface area (Å²) in [5.41, 5.74) is 2.67. The molecule has 1 aliphatic rings. The summed E-state index contributed by atoms with van der Waals surface area (Å²) < 4.78 is 10.6. The summed E-state index contributed by atoms with van der Waals surface area (Å²) in [7, 11) is 5.26. The molecule has 0 aliphatic carbocycles. The Hall–Kier alpha value is -3.26. The van der Waals surface area contributed by atoms with Gasteiger partial charge in [-0.3, -0.25) is 4.79 Å². The van der Waals surface area contributed by atoms with Crippen LogP contribution in [0, 0.1) is 0 Å². The van der Waals surface area contributed by atoms with Gasteiger partial charge in [-0.15, -0.1) is 0 Å². The van der Waals surface area contributed by atoms with Crippen LogP contribution in [0.1, 0.15) is 5.56 Å². The van der Waals surface area contributed by atoms with Gasteiger partial charge in [0, 0.05) is 44.5 Å². The fourth-order valence-corrected chi connectivity index (χ4v) is 3.67. The van der Waals surface area contributed by atoms with Crippen LogP contribution in [0.4, 0.5) is 11.6 Å². The number of hydrogen-bond donors (Lipinski definition) is 2. The number of nitrogens with zero attached hydrogens (tertiary/aromatic N) is 3. The van der Waals surface area contributed by atoms with Crippen LogP contribution in [0.5, 0.6) is 11.5 Å². The highest BCUT2D eigenvalue weighted by Gasteiger charge is 2.15. The van der Waals surface area contributed by atoms with Crippen LogP contribution in [-0.4, -0.2) is 62.3 Å². The molecular weight excluding hydrogens is 382 g/mol. The second-order valence-electron chi connectivity index (χ2n) is 7.46. The van der Waals surface area contributed by atoms with E-state index in [1.165, 1.54) is 12.8 Å². The molecule has 1 aliphatic heterocycles. The second kappa shape index (κ2) is 8.62. The summed E-state index contributed by atoms with van der Waals surface area (Å²) in [5, 5.41) is 3.69. The maximum absolute atomic E-state index is 12.5. The molecule has 2 N–H and O–H groups in total. The molecule has 158 valence electrons. The molecule has 1 aromatic heterocycles. The quantitative estimate of drug-likeness (QED) is 0.646. The van der Waals surface area contributed by atoms with Crippen molar-refractivity contribution in [1.82, 2.24) is 14.9 Å². The topological polar surface area (TPSA) is 82.7 Å². The molecule has 8 heteroatoms. The maximum atomic E-state index is 12.5. The zero-order valence-corrected chi connectivity index (χ0v) is 17.6. The van der Waals surface area contributed by atoms with Gasteiger partial charge in [-0.1, -0.05) is 12.1 Å². The van der Waals surface area contributed by atoms with Crippen molar-refractivity contribution in [2.45, 2.75) is 6.54 Å². The SMILES string of the molecule is COc1cc2[nH]c(NCc3cccc(N4CCN(C)CC4)c3)nc(=O)c2cc1OC. The van der Waals surface area contributed by atoms with Gasteiger partial charge >= 0.3 is 0 Å². The number of methoxy groups -OCH3 is 2. The summed E-state index contributed by atoms with van der Waals surface area (Å²) >= 11 is 0. The highest BCUT2D eigenvalue weighted by molar-refractivity contribution is 5.82. The molecule has 2 aromatic carbocycles. The van der Waals surface area contributed by atoms with E-state index in [0.29, 0.717) is 34.9 Å². The van der Waals surface area contributed by atoms with Gasteiger partial charge in [0.1, 0.15) is 0 Å². The normalized spacial score (nSPS) is 14.7. The number of H-pyrrole nitrogens is 1. The molecule has 4 rings (SSSR count). The molecule has 30 heavy (non-hydrogen) atoms. The van der Waals surface area contributed by atoms with Gasteiger partial charge in [0.25, 0.3) is 5.56 Å². The molecular formula is C22H27N5O3.